The number of hydrogen-bond donors (Lipinski definition) is 1. The van der Waals surface area contributed by atoms with Gasteiger partial charge in [0.15, 0.2) is 0 Å². The number of ether oxygens (including phenoxy) is 1. The minimum atomic E-state index is -0.907. The van der Waals surface area contributed by atoms with Crippen molar-refractivity contribution in [3.05, 3.63) is 36.2 Å². The zero-order valence-corrected chi connectivity index (χ0v) is 10.3. The Morgan fingerprint density at radius 2 is 2.22 bits per heavy atom. The smallest absolute Gasteiger partial charge is 0.325 e. The molecule has 0 radical (unpaired) electrons. The lowest BCUT2D eigenvalue weighted by atomic mass is 10.1. The quantitative estimate of drug-likeness (QED) is 0.895. The number of aliphatic carboxylic acids is 1. The molecule has 0 saturated heterocycles. The molecule has 2 rings (SSSR count). The summed E-state index contributed by atoms with van der Waals surface area (Å²) in [6.07, 6.45) is 3.37. The lowest BCUT2D eigenvalue weighted by molar-refractivity contribution is -0.137. The Labute approximate surface area is 105 Å². The normalized spacial score (nSPS) is 10.3. The van der Waals surface area contributed by atoms with Gasteiger partial charge >= 0.3 is 5.97 Å². The second-order valence-electron chi connectivity index (χ2n) is 4.00. The minimum absolute atomic E-state index is 0.130. The summed E-state index contributed by atoms with van der Waals surface area (Å²) in [6.45, 7) is 1.83. The lowest BCUT2D eigenvalue weighted by Gasteiger charge is -2.05. The largest absolute Gasteiger partial charge is 0.496 e. The summed E-state index contributed by atoms with van der Waals surface area (Å²) >= 11 is 0. The van der Waals surface area contributed by atoms with Gasteiger partial charge in [0.05, 0.1) is 13.3 Å². The van der Waals surface area contributed by atoms with Crippen molar-refractivity contribution in [1.82, 2.24) is 9.78 Å². The van der Waals surface area contributed by atoms with Gasteiger partial charge in [-0.1, -0.05) is 6.07 Å². The van der Waals surface area contributed by atoms with E-state index < -0.39 is 5.97 Å². The second-order valence-corrected chi connectivity index (χ2v) is 4.00. The van der Waals surface area contributed by atoms with Crippen LogP contribution in [0.25, 0.3) is 11.1 Å². The number of rotatable bonds is 4. The van der Waals surface area contributed by atoms with E-state index in [0.717, 1.165) is 22.4 Å². The van der Waals surface area contributed by atoms with Crippen molar-refractivity contribution in [2.24, 2.45) is 0 Å². The van der Waals surface area contributed by atoms with Crippen molar-refractivity contribution in [1.29, 1.82) is 0 Å². The van der Waals surface area contributed by atoms with E-state index in [2.05, 4.69) is 5.10 Å². The predicted molar refractivity (Wildman–Crippen MR) is 66.6 cm³/mol. The molecule has 0 bridgehead atoms. The third kappa shape index (κ3) is 2.51. The van der Waals surface area contributed by atoms with Gasteiger partial charge in [-0.3, -0.25) is 9.48 Å². The van der Waals surface area contributed by atoms with E-state index in [1.54, 1.807) is 19.5 Å². The molecule has 1 aromatic carbocycles. The highest BCUT2D eigenvalue weighted by Crippen LogP contribution is 2.25. The van der Waals surface area contributed by atoms with Crippen LogP contribution in [0.4, 0.5) is 0 Å². The van der Waals surface area contributed by atoms with E-state index in [0.29, 0.717) is 0 Å². The number of carboxylic acids is 1. The molecule has 1 aromatic heterocycles. The fraction of sp³-hybridized carbons (Fsp3) is 0.231. The average Bonchev–Trinajstić information content (AvgIpc) is 2.76. The lowest BCUT2D eigenvalue weighted by Crippen LogP contribution is -2.08. The first kappa shape index (κ1) is 12.2. The third-order valence-electron chi connectivity index (χ3n) is 2.66. The van der Waals surface area contributed by atoms with Crippen LogP contribution in [0.15, 0.2) is 30.6 Å². The molecule has 0 saturated carbocycles. The van der Waals surface area contributed by atoms with Crippen molar-refractivity contribution in [3.8, 4) is 16.9 Å². The molecule has 0 aliphatic heterocycles. The molecule has 5 nitrogen and oxygen atoms in total. The van der Waals surface area contributed by atoms with Crippen molar-refractivity contribution in [2.75, 3.05) is 7.11 Å². The highest BCUT2D eigenvalue weighted by molar-refractivity contribution is 5.67. The van der Waals surface area contributed by atoms with Crippen molar-refractivity contribution >= 4 is 5.97 Å². The minimum Gasteiger partial charge on any atom is -0.496 e. The Morgan fingerprint density at radius 3 is 2.83 bits per heavy atom. The topological polar surface area (TPSA) is 64.4 Å². The van der Waals surface area contributed by atoms with Gasteiger partial charge in [-0.2, -0.15) is 5.10 Å². The van der Waals surface area contributed by atoms with E-state index >= 15 is 0 Å². The van der Waals surface area contributed by atoms with Crippen LogP contribution in [-0.2, 0) is 11.3 Å². The number of aryl methyl sites for hydroxylation is 1. The molecule has 0 unspecified atom stereocenters. The maximum absolute atomic E-state index is 10.6. The van der Waals surface area contributed by atoms with Gasteiger partial charge in [0, 0.05) is 11.8 Å². The summed E-state index contributed by atoms with van der Waals surface area (Å²) in [5, 5.41) is 12.7. The van der Waals surface area contributed by atoms with E-state index in [-0.39, 0.29) is 6.54 Å². The molecule has 5 heteroatoms. The molecule has 0 fully saturated rings. The van der Waals surface area contributed by atoms with Crippen LogP contribution in [0.2, 0.25) is 0 Å². The summed E-state index contributed by atoms with van der Waals surface area (Å²) in [5.41, 5.74) is 2.91. The Bertz CT molecular complexity index is 575. The summed E-state index contributed by atoms with van der Waals surface area (Å²) in [4.78, 5) is 10.6. The van der Waals surface area contributed by atoms with Crippen LogP contribution < -0.4 is 4.74 Å². The number of nitrogens with zero attached hydrogens (tertiary/aromatic N) is 2. The number of hydrogen-bond acceptors (Lipinski definition) is 3. The molecule has 0 atom stereocenters. The Kier molecular flexibility index (Phi) is 3.32. The van der Waals surface area contributed by atoms with Gasteiger partial charge in [-0.05, 0) is 30.2 Å². The fourth-order valence-corrected chi connectivity index (χ4v) is 1.80. The van der Waals surface area contributed by atoms with Crippen LogP contribution in [0.1, 0.15) is 5.56 Å². The highest BCUT2D eigenvalue weighted by Gasteiger charge is 2.06. The van der Waals surface area contributed by atoms with Gasteiger partial charge in [0.1, 0.15) is 12.3 Å². The average molecular weight is 246 g/mol. The van der Waals surface area contributed by atoms with Crippen LogP contribution in [0.3, 0.4) is 0 Å². The second kappa shape index (κ2) is 4.91. The van der Waals surface area contributed by atoms with E-state index in [9.17, 15) is 4.79 Å². The molecular formula is C13H14N2O3. The zero-order chi connectivity index (χ0) is 13.1. The Balaban J connectivity index is 2.28. The molecular weight excluding hydrogens is 232 g/mol. The van der Waals surface area contributed by atoms with E-state index in [1.165, 1.54) is 4.68 Å². The fourth-order valence-electron chi connectivity index (χ4n) is 1.80. The molecule has 1 heterocycles. The summed E-state index contributed by atoms with van der Waals surface area (Å²) in [7, 11) is 1.63. The number of aromatic nitrogens is 2. The molecule has 0 aliphatic carbocycles. The first-order valence-corrected chi connectivity index (χ1v) is 5.49. The van der Waals surface area contributed by atoms with Crippen molar-refractivity contribution < 1.29 is 14.6 Å². The zero-order valence-electron chi connectivity index (χ0n) is 10.3. The third-order valence-corrected chi connectivity index (χ3v) is 2.66. The van der Waals surface area contributed by atoms with Crippen LogP contribution in [0, 0.1) is 6.92 Å². The molecule has 2 aromatic rings. The Hall–Kier alpha value is -2.30. The molecule has 1 N–H and O–H groups in total. The van der Waals surface area contributed by atoms with Gasteiger partial charge in [0.2, 0.25) is 0 Å². The summed E-state index contributed by atoms with van der Waals surface area (Å²) in [5.74, 6) is -0.0766. The van der Waals surface area contributed by atoms with Gasteiger partial charge in [0.25, 0.3) is 0 Å². The maximum Gasteiger partial charge on any atom is 0.325 e. The number of carbonyl (C=O) groups is 1. The molecule has 0 spiro atoms. The van der Waals surface area contributed by atoms with Gasteiger partial charge in [-0.25, -0.2) is 0 Å². The van der Waals surface area contributed by atoms with Crippen LogP contribution in [0.5, 0.6) is 5.75 Å². The van der Waals surface area contributed by atoms with E-state index in [4.69, 9.17) is 9.84 Å². The molecule has 18 heavy (non-hydrogen) atoms. The SMILES string of the molecule is COc1ccc(-c2cnn(CC(=O)O)c2)cc1C. The molecule has 94 valence electrons. The standard InChI is InChI=1S/C13H14N2O3/c1-9-5-10(3-4-12(9)18-2)11-6-14-15(7-11)8-13(16)17/h3-7H,8H2,1-2H3,(H,16,17). The summed E-state index contributed by atoms with van der Waals surface area (Å²) in [6, 6.07) is 5.80. The predicted octanol–water partition coefficient (Wildman–Crippen LogP) is 1.95. The van der Waals surface area contributed by atoms with Gasteiger partial charge in [-0.15, -0.1) is 0 Å². The van der Waals surface area contributed by atoms with Gasteiger partial charge < -0.3 is 9.84 Å². The van der Waals surface area contributed by atoms with Crippen LogP contribution >= 0.6 is 0 Å². The Morgan fingerprint density at radius 1 is 1.44 bits per heavy atom. The monoisotopic (exact) mass is 246 g/mol. The van der Waals surface area contributed by atoms with Crippen molar-refractivity contribution in [3.63, 3.8) is 0 Å². The van der Waals surface area contributed by atoms with Crippen molar-refractivity contribution in [2.45, 2.75) is 13.5 Å². The highest BCUT2D eigenvalue weighted by atomic mass is 16.5. The maximum atomic E-state index is 10.6. The molecule has 0 aliphatic rings. The molecule has 0 amide bonds. The van der Waals surface area contributed by atoms with E-state index in [1.807, 2.05) is 25.1 Å². The first-order valence-electron chi connectivity index (χ1n) is 5.49. The number of benzene rings is 1. The first-order chi connectivity index (χ1) is 8.60. The summed E-state index contributed by atoms with van der Waals surface area (Å²) < 4.78 is 6.60. The van der Waals surface area contributed by atoms with Crippen LogP contribution in [-0.4, -0.2) is 28.0 Å². The number of carboxylic acid groups (broad SMARTS) is 1. The number of methoxy groups -OCH3 is 1.